The number of rotatable bonds is 7. The fraction of sp³-hybridized carbons (Fsp3) is 0.235. The summed E-state index contributed by atoms with van der Waals surface area (Å²) in [5.74, 6) is 0.928. The molecule has 116 valence electrons. The Kier molecular flexibility index (Phi) is 6.80. The molecule has 0 aliphatic heterocycles. The number of aryl methyl sites for hydroxylation is 1. The number of hydrogen-bond donors (Lipinski definition) is 1. The van der Waals surface area contributed by atoms with Crippen molar-refractivity contribution in [2.75, 3.05) is 18.1 Å². The van der Waals surface area contributed by atoms with Crippen LogP contribution in [0.1, 0.15) is 5.56 Å². The van der Waals surface area contributed by atoms with Gasteiger partial charge in [-0.2, -0.15) is 0 Å². The molecule has 0 saturated carbocycles. The molecule has 22 heavy (non-hydrogen) atoms. The molecule has 1 amide bonds. The van der Waals surface area contributed by atoms with Crippen molar-refractivity contribution in [3.05, 3.63) is 59.9 Å². The number of hydrogen-bond acceptors (Lipinski definition) is 3. The van der Waals surface area contributed by atoms with E-state index in [0.29, 0.717) is 12.3 Å². The van der Waals surface area contributed by atoms with Crippen LogP contribution in [-0.2, 0) is 4.79 Å². The first-order chi connectivity index (χ1) is 10.6. The Labute approximate surface area is 138 Å². The molecule has 2 aromatic rings. The standard InChI is InChI=1S/C17H18FNOS2/c1-13-2-6-15(7-3-13)21-11-10-19-17(20)12-22-16-8-4-14(18)5-9-16/h2-9H,10-12H2,1H3,(H,19,20). The Morgan fingerprint density at radius 2 is 1.59 bits per heavy atom. The molecule has 0 saturated heterocycles. The fourth-order valence-corrected chi connectivity index (χ4v) is 3.22. The fourth-order valence-electron chi connectivity index (χ4n) is 1.72. The van der Waals surface area contributed by atoms with Crippen LogP contribution in [0, 0.1) is 12.7 Å². The summed E-state index contributed by atoms with van der Waals surface area (Å²) in [4.78, 5) is 13.8. The van der Waals surface area contributed by atoms with Gasteiger partial charge in [0.2, 0.25) is 5.91 Å². The smallest absolute Gasteiger partial charge is 0.230 e. The van der Waals surface area contributed by atoms with Crippen molar-refractivity contribution < 1.29 is 9.18 Å². The maximum absolute atomic E-state index is 12.8. The minimum atomic E-state index is -0.262. The predicted molar refractivity (Wildman–Crippen MR) is 92.0 cm³/mol. The molecule has 0 aliphatic carbocycles. The van der Waals surface area contributed by atoms with Crippen LogP contribution in [-0.4, -0.2) is 24.0 Å². The molecular formula is C17H18FNOS2. The van der Waals surface area contributed by atoms with Gasteiger partial charge in [-0.25, -0.2) is 4.39 Å². The van der Waals surface area contributed by atoms with Crippen molar-refractivity contribution >= 4 is 29.4 Å². The number of nitrogens with one attached hydrogen (secondary N) is 1. The first-order valence-corrected chi connectivity index (χ1v) is 8.95. The van der Waals surface area contributed by atoms with Crippen molar-refractivity contribution in [3.8, 4) is 0 Å². The highest BCUT2D eigenvalue weighted by Crippen LogP contribution is 2.18. The summed E-state index contributed by atoms with van der Waals surface area (Å²) < 4.78 is 12.8. The molecular weight excluding hydrogens is 317 g/mol. The first kappa shape index (κ1) is 16.9. The number of halogens is 1. The highest BCUT2D eigenvalue weighted by atomic mass is 32.2. The van der Waals surface area contributed by atoms with Crippen molar-refractivity contribution in [2.24, 2.45) is 0 Å². The van der Waals surface area contributed by atoms with Crippen LogP contribution in [0.2, 0.25) is 0 Å². The molecule has 0 bridgehead atoms. The van der Waals surface area contributed by atoms with Gasteiger partial charge in [-0.05, 0) is 43.3 Å². The van der Waals surface area contributed by atoms with Crippen LogP contribution >= 0.6 is 23.5 Å². The van der Waals surface area contributed by atoms with Gasteiger partial charge in [-0.15, -0.1) is 23.5 Å². The summed E-state index contributed by atoms with van der Waals surface area (Å²) in [6.45, 7) is 2.70. The highest BCUT2D eigenvalue weighted by molar-refractivity contribution is 8.00. The quantitative estimate of drug-likeness (QED) is 0.609. The number of thioether (sulfide) groups is 2. The predicted octanol–water partition coefficient (Wildman–Crippen LogP) is 4.13. The minimum Gasteiger partial charge on any atom is -0.355 e. The summed E-state index contributed by atoms with van der Waals surface area (Å²) in [6, 6.07) is 14.5. The molecule has 0 spiro atoms. The van der Waals surface area contributed by atoms with E-state index in [1.807, 2.05) is 0 Å². The normalized spacial score (nSPS) is 10.5. The van der Waals surface area contributed by atoms with Gasteiger partial charge in [0.05, 0.1) is 5.75 Å². The Morgan fingerprint density at radius 3 is 2.27 bits per heavy atom. The van der Waals surface area contributed by atoms with E-state index < -0.39 is 0 Å². The van der Waals surface area contributed by atoms with Crippen molar-refractivity contribution in [3.63, 3.8) is 0 Å². The molecule has 1 N–H and O–H groups in total. The SMILES string of the molecule is Cc1ccc(SCCNC(=O)CSc2ccc(F)cc2)cc1. The largest absolute Gasteiger partial charge is 0.355 e. The lowest BCUT2D eigenvalue weighted by Gasteiger charge is -2.05. The second kappa shape index (κ2) is 8.86. The van der Waals surface area contributed by atoms with Gasteiger partial charge in [0.1, 0.15) is 5.82 Å². The lowest BCUT2D eigenvalue weighted by molar-refractivity contribution is -0.118. The van der Waals surface area contributed by atoms with E-state index in [2.05, 4.69) is 36.5 Å². The average Bonchev–Trinajstić information content (AvgIpc) is 2.53. The third kappa shape index (κ3) is 6.12. The molecule has 0 heterocycles. The van der Waals surface area contributed by atoms with Crippen LogP contribution in [0.3, 0.4) is 0 Å². The third-order valence-corrected chi connectivity index (χ3v) is 4.92. The topological polar surface area (TPSA) is 29.1 Å². The van der Waals surface area contributed by atoms with Crippen LogP contribution in [0.15, 0.2) is 58.3 Å². The van der Waals surface area contributed by atoms with E-state index in [-0.39, 0.29) is 11.7 Å². The lowest BCUT2D eigenvalue weighted by Crippen LogP contribution is -2.27. The second-order valence-electron chi connectivity index (χ2n) is 4.75. The summed E-state index contributed by atoms with van der Waals surface area (Å²) in [5.41, 5.74) is 1.25. The molecule has 2 aromatic carbocycles. The summed E-state index contributed by atoms with van der Waals surface area (Å²) in [5, 5.41) is 2.89. The molecule has 2 nitrogen and oxygen atoms in total. The van der Waals surface area contributed by atoms with Gasteiger partial charge in [-0.1, -0.05) is 17.7 Å². The van der Waals surface area contributed by atoms with Crippen LogP contribution < -0.4 is 5.32 Å². The Bertz CT molecular complexity index is 599. The van der Waals surface area contributed by atoms with E-state index in [0.717, 1.165) is 10.6 Å². The van der Waals surface area contributed by atoms with E-state index in [4.69, 9.17) is 0 Å². The zero-order valence-corrected chi connectivity index (χ0v) is 14.0. The maximum Gasteiger partial charge on any atom is 0.230 e. The molecule has 0 aromatic heterocycles. The van der Waals surface area contributed by atoms with Gasteiger partial charge in [0.25, 0.3) is 0 Å². The zero-order chi connectivity index (χ0) is 15.8. The van der Waals surface area contributed by atoms with Crippen molar-refractivity contribution in [1.29, 1.82) is 0 Å². The molecule has 5 heteroatoms. The second-order valence-corrected chi connectivity index (χ2v) is 6.97. The van der Waals surface area contributed by atoms with E-state index in [9.17, 15) is 9.18 Å². The highest BCUT2D eigenvalue weighted by Gasteiger charge is 2.03. The Morgan fingerprint density at radius 1 is 1.00 bits per heavy atom. The van der Waals surface area contributed by atoms with Crippen LogP contribution in [0.25, 0.3) is 0 Å². The van der Waals surface area contributed by atoms with Gasteiger partial charge >= 0.3 is 0 Å². The number of carbonyl (C=O) groups is 1. The van der Waals surface area contributed by atoms with Crippen LogP contribution in [0.5, 0.6) is 0 Å². The molecule has 0 aliphatic rings. The van der Waals surface area contributed by atoms with Gasteiger partial charge in [-0.3, -0.25) is 4.79 Å². The van der Waals surface area contributed by atoms with Gasteiger partial charge in [0.15, 0.2) is 0 Å². The van der Waals surface area contributed by atoms with E-state index in [1.165, 1.54) is 34.4 Å². The van der Waals surface area contributed by atoms with Crippen LogP contribution in [0.4, 0.5) is 4.39 Å². The summed E-state index contributed by atoms with van der Waals surface area (Å²) in [6.07, 6.45) is 0. The third-order valence-electron chi connectivity index (χ3n) is 2.90. The first-order valence-electron chi connectivity index (χ1n) is 6.98. The maximum atomic E-state index is 12.8. The molecule has 2 rings (SSSR count). The van der Waals surface area contributed by atoms with Crippen molar-refractivity contribution in [1.82, 2.24) is 5.32 Å². The van der Waals surface area contributed by atoms with E-state index in [1.54, 1.807) is 23.9 Å². The minimum absolute atomic E-state index is 0.00108. The van der Waals surface area contributed by atoms with Gasteiger partial charge < -0.3 is 5.32 Å². The summed E-state index contributed by atoms with van der Waals surface area (Å²) in [7, 11) is 0. The Hall–Kier alpha value is -1.46. The monoisotopic (exact) mass is 335 g/mol. The molecule has 0 radical (unpaired) electrons. The van der Waals surface area contributed by atoms with Crippen molar-refractivity contribution in [2.45, 2.75) is 16.7 Å². The summed E-state index contributed by atoms with van der Waals surface area (Å²) >= 11 is 3.13. The number of amides is 1. The molecule has 0 fully saturated rings. The molecule has 0 atom stereocenters. The average molecular weight is 335 g/mol. The zero-order valence-electron chi connectivity index (χ0n) is 12.3. The van der Waals surface area contributed by atoms with Gasteiger partial charge in [0, 0.05) is 22.1 Å². The number of benzene rings is 2. The van der Waals surface area contributed by atoms with E-state index >= 15 is 0 Å². The Balaban J connectivity index is 1.61. The number of carbonyl (C=O) groups excluding carboxylic acids is 1. The molecule has 0 unspecified atom stereocenters. The lowest BCUT2D eigenvalue weighted by atomic mass is 10.2.